The molecule has 0 saturated carbocycles. The van der Waals surface area contributed by atoms with Crippen molar-refractivity contribution >= 4 is 34.8 Å². The van der Waals surface area contributed by atoms with Crippen LogP contribution in [0.4, 0.5) is 5.69 Å². The molecular weight excluding hydrogens is 287 g/mol. The van der Waals surface area contributed by atoms with Crippen molar-refractivity contribution in [2.24, 2.45) is 0 Å². The van der Waals surface area contributed by atoms with Crippen LogP contribution in [0, 0.1) is 6.92 Å². The molecule has 0 unspecified atom stereocenters. The van der Waals surface area contributed by atoms with E-state index in [4.69, 9.17) is 23.2 Å². The summed E-state index contributed by atoms with van der Waals surface area (Å²) in [4.78, 5) is 15.9. The summed E-state index contributed by atoms with van der Waals surface area (Å²) in [6.45, 7) is 1.73. The molecule has 0 radical (unpaired) electrons. The van der Waals surface area contributed by atoms with Crippen LogP contribution in [0.3, 0.4) is 0 Å². The van der Waals surface area contributed by atoms with E-state index in [0.29, 0.717) is 11.3 Å². The van der Waals surface area contributed by atoms with E-state index in [2.05, 4.69) is 10.3 Å². The van der Waals surface area contributed by atoms with E-state index in [-0.39, 0.29) is 21.6 Å². The molecule has 1 amide bonds. The molecule has 2 rings (SSSR count). The van der Waals surface area contributed by atoms with Gasteiger partial charge in [0, 0.05) is 5.69 Å². The van der Waals surface area contributed by atoms with Crippen LogP contribution in [0.1, 0.15) is 16.1 Å². The smallest absolute Gasteiger partial charge is 0.275 e. The van der Waals surface area contributed by atoms with E-state index in [1.54, 1.807) is 19.1 Å². The van der Waals surface area contributed by atoms with E-state index in [0.717, 1.165) is 0 Å². The van der Waals surface area contributed by atoms with E-state index < -0.39 is 5.91 Å². The molecule has 2 N–H and O–H groups in total. The van der Waals surface area contributed by atoms with Gasteiger partial charge in [-0.15, -0.1) is 0 Å². The summed E-state index contributed by atoms with van der Waals surface area (Å²) < 4.78 is 0. The first-order chi connectivity index (χ1) is 8.97. The van der Waals surface area contributed by atoms with Crippen LogP contribution in [0.15, 0.2) is 30.3 Å². The highest BCUT2D eigenvalue weighted by Gasteiger charge is 2.13. The second-order valence-electron chi connectivity index (χ2n) is 3.92. The Bertz CT molecular complexity index is 645. The third-order valence-corrected chi connectivity index (χ3v) is 3.00. The quantitative estimate of drug-likeness (QED) is 0.657. The van der Waals surface area contributed by atoms with Crippen molar-refractivity contribution in [1.82, 2.24) is 4.98 Å². The number of pyridine rings is 1. The van der Waals surface area contributed by atoms with Gasteiger partial charge in [0.05, 0.1) is 5.02 Å². The number of amides is 1. The van der Waals surface area contributed by atoms with Gasteiger partial charge >= 0.3 is 0 Å². The summed E-state index contributed by atoms with van der Waals surface area (Å²) in [7, 11) is 0. The zero-order valence-corrected chi connectivity index (χ0v) is 11.5. The minimum atomic E-state index is -0.461. The van der Waals surface area contributed by atoms with Gasteiger partial charge < -0.3 is 10.4 Å². The highest BCUT2D eigenvalue weighted by molar-refractivity contribution is 6.35. The van der Waals surface area contributed by atoms with E-state index >= 15 is 0 Å². The fourth-order valence-corrected chi connectivity index (χ4v) is 1.84. The number of aromatic hydroxyl groups is 1. The number of aromatic nitrogens is 1. The Balaban J connectivity index is 2.25. The minimum absolute atomic E-state index is 0.0555. The lowest BCUT2D eigenvalue weighted by Crippen LogP contribution is -2.14. The van der Waals surface area contributed by atoms with Crippen LogP contribution < -0.4 is 5.32 Å². The molecule has 4 nitrogen and oxygen atoms in total. The zero-order chi connectivity index (χ0) is 14.0. The van der Waals surface area contributed by atoms with Crippen LogP contribution in [0.2, 0.25) is 10.2 Å². The first kappa shape index (κ1) is 13.6. The molecule has 1 heterocycles. The average Bonchev–Trinajstić information content (AvgIpc) is 2.36. The standard InChI is InChI=1S/C13H10Cl2N2O2/c1-7-6-8(2-4-10(7)18)16-13(19)12-9(14)3-5-11(15)17-12/h2-6,18H,1H3,(H,16,19). The van der Waals surface area contributed by atoms with Gasteiger partial charge in [0.1, 0.15) is 16.6 Å². The van der Waals surface area contributed by atoms with Crippen LogP contribution in [-0.2, 0) is 0 Å². The SMILES string of the molecule is Cc1cc(NC(=O)c2nc(Cl)ccc2Cl)ccc1O. The molecule has 98 valence electrons. The molecule has 0 aliphatic rings. The Morgan fingerprint density at radius 1 is 1.26 bits per heavy atom. The molecule has 19 heavy (non-hydrogen) atoms. The van der Waals surface area contributed by atoms with E-state index in [9.17, 15) is 9.90 Å². The predicted molar refractivity (Wildman–Crippen MR) is 75.1 cm³/mol. The molecule has 0 atom stereocenters. The summed E-state index contributed by atoms with van der Waals surface area (Å²) in [5.41, 5.74) is 1.25. The maximum Gasteiger partial charge on any atom is 0.275 e. The van der Waals surface area contributed by atoms with Crippen molar-refractivity contribution in [1.29, 1.82) is 0 Å². The number of nitrogens with zero attached hydrogens (tertiary/aromatic N) is 1. The zero-order valence-electron chi connectivity index (χ0n) is 9.95. The van der Waals surface area contributed by atoms with Crippen molar-refractivity contribution < 1.29 is 9.90 Å². The molecule has 0 saturated heterocycles. The largest absolute Gasteiger partial charge is 0.508 e. The van der Waals surface area contributed by atoms with Crippen LogP contribution in [-0.4, -0.2) is 16.0 Å². The Morgan fingerprint density at radius 2 is 2.00 bits per heavy atom. The fourth-order valence-electron chi connectivity index (χ4n) is 1.50. The summed E-state index contributed by atoms with van der Waals surface area (Å²) >= 11 is 11.6. The van der Waals surface area contributed by atoms with Crippen molar-refractivity contribution in [3.8, 4) is 5.75 Å². The third kappa shape index (κ3) is 3.16. The van der Waals surface area contributed by atoms with Gasteiger partial charge in [0.2, 0.25) is 0 Å². The number of nitrogens with one attached hydrogen (secondary N) is 1. The molecule has 2 aromatic rings. The predicted octanol–water partition coefficient (Wildman–Crippen LogP) is 3.65. The second-order valence-corrected chi connectivity index (χ2v) is 4.71. The van der Waals surface area contributed by atoms with Crippen molar-refractivity contribution in [3.05, 3.63) is 51.8 Å². The normalized spacial score (nSPS) is 10.3. The maximum atomic E-state index is 12.0. The molecule has 0 aliphatic carbocycles. The first-order valence-corrected chi connectivity index (χ1v) is 6.16. The summed E-state index contributed by atoms with van der Waals surface area (Å²) in [5, 5.41) is 12.5. The number of anilines is 1. The number of hydrogen-bond acceptors (Lipinski definition) is 3. The first-order valence-electron chi connectivity index (χ1n) is 5.40. The Labute approximate surface area is 120 Å². The van der Waals surface area contributed by atoms with Crippen LogP contribution in [0.5, 0.6) is 5.75 Å². The molecule has 0 aliphatic heterocycles. The maximum absolute atomic E-state index is 12.0. The van der Waals surface area contributed by atoms with Crippen LogP contribution >= 0.6 is 23.2 Å². The van der Waals surface area contributed by atoms with Gasteiger partial charge in [-0.2, -0.15) is 0 Å². The number of phenolic OH excluding ortho intramolecular Hbond substituents is 1. The van der Waals surface area contributed by atoms with Crippen molar-refractivity contribution in [2.45, 2.75) is 6.92 Å². The number of aryl methyl sites for hydroxylation is 1. The molecule has 0 spiro atoms. The summed E-state index contributed by atoms with van der Waals surface area (Å²) in [6.07, 6.45) is 0. The molecule has 1 aromatic heterocycles. The lowest BCUT2D eigenvalue weighted by Gasteiger charge is -2.07. The number of carbonyl (C=O) groups excluding carboxylic acids is 1. The number of halogens is 2. The average molecular weight is 297 g/mol. The third-order valence-electron chi connectivity index (χ3n) is 2.48. The number of phenols is 1. The minimum Gasteiger partial charge on any atom is -0.508 e. The lowest BCUT2D eigenvalue weighted by atomic mass is 10.2. The number of hydrogen-bond donors (Lipinski definition) is 2. The fraction of sp³-hybridized carbons (Fsp3) is 0.0769. The van der Waals surface area contributed by atoms with Crippen molar-refractivity contribution in [3.63, 3.8) is 0 Å². The summed E-state index contributed by atoms with van der Waals surface area (Å²) in [6, 6.07) is 7.74. The molecule has 1 aromatic carbocycles. The highest BCUT2D eigenvalue weighted by Crippen LogP contribution is 2.22. The topological polar surface area (TPSA) is 62.2 Å². The Kier molecular flexibility index (Phi) is 3.93. The van der Waals surface area contributed by atoms with E-state index in [1.165, 1.54) is 18.2 Å². The highest BCUT2D eigenvalue weighted by atomic mass is 35.5. The number of rotatable bonds is 2. The second kappa shape index (κ2) is 5.47. The van der Waals surface area contributed by atoms with Gasteiger partial charge in [-0.3, -0.25) is 4.79 Å². The van der Waals surface area contributed by atoms with Gasteiger partial charge in [-0.25, -0.2) is 4.98 Å². The molecular formula is C13H10Cl2N2O2. The monoisotopic (exact) mass is 296 g/mol. The van der Waals surface area contributed by atoms with Gasteiger partial charge in [-0.05, 0) is 42.8 Å². The lowest BCUT2D eigenvalue weighted by molar-refractivity contribution is 0.102. The molecule has 6 heteroatoms. The van der Waals surface area contributed by atoms with Gasteiger partial charge in [0.15, 0.2) is 0 Å². The number of benzene rings is 1. The van der Waals surface area contributed by atoms with Gasteiger partial charge in [0.25, 0.3) is 5.91 Å². The molecule has 0 bridgehead atoms. The number of carbonyl (C=O) groups is 1. The Morgan fingerprint density at radius 3 is 2.68 bits per heavy atom. The van der Waals surface area contributed by atoms with Crippen molar-refractivity contribution in [2.75, 3.05) is 5.32 Å². The van der Waals surface area contributed by atoms with E-state index in [1.807, 2.05) is 0 Å². The van der Waals surface area contributed by atoms with Crippen LogP contribution in [0.25, 0.3) is 0 Å². The Hall–Kier alpha value is -1.78. The van der Waals surface area contributed by atoms with Gasteiger partial charge in [-0.1, -0.05) is 23.2 Å². The summed E-state index contributed by atoms with van der Waals surface area (Å²) in [5.74, 6) is -0.297. The molecule has 0 fully saturated rings.